The Hall–Kier alpha value is -3.23. The van der Waals surface area contributed by atoms with Crippen LogP contribution in [-0.2, 0) is 11.0 Å². The van der Waals surface area contributed by atoms with Crippen molar-refractivity contribution in [3.8, 4) is 5.75 Å². The fraction of sp³-hybridized carbons (Fsp3) is 0.240. The average Bonchev–Trinajstić information content (AvgIpc) is 2.81. The van der Waals surface area contributed by atoms with Gasteiger partial charge in [0.25, 0.3) is 0 Å². The van der Waals surface area contributed by atoms with Gasteiger partial charge in [-0.05, 0) is 48.0 Å². The zero-order valence-electron chi connectivity index (χ0n) is 18.1. The maximum absolute atomic E-state index is 13.3. The van der Waals surface area contributed by atoms with E-state index in [0.29, 0.717) is 26.2 Å². The van der Waals surface area contributed by atoms with Gasteiger partial charge in [-0.25, -0.2) is 0 Å². The van der Waals surface area contributed by atoms with Crippen molar-refractivity contribution in [3.05, 3.63) is 88.9 Å². The number of nitrogens with zero attached hydrogens (tertiary/aromatic N) is 2. The SMILES string of the molecule is O=C(Nc1ccc(Cl)c(C(F)(F)F)c1)C(c1ccccc1)N1CCN(c2ccc(O)cc2)CC1. The van der Waals surface area contributed by atoms with Crippen molar-refractivity contribution >= 4 is 28.9 Å². The molecule has 4 rings (SSSR count). The molecule has 34 heavy (non-hydrogen) atoms. The summed E-state index contributed by atoms with van der Waals surface area (Å²) < 4.78 is 39.8. The topological polar surface area (TPSA) is 55.8 Å². The van der Waals surface area contributed by atoms with Gasteiger partial charge >= 0.3 is 6.18 Å². The summed E-state index contributed by atoms with van der Waals surface area (Å²) in [5, 5.41) is 11.7. The van der Waals surface area contributed by atoms with Crippen molar-refractivity contribution in [2.45, 2.75) is 12.2 Å². The van der Waals surface area contributed by atoms with Crippen molar-refractivity contribution in [1.82, 2.24) is 4.90 Å². The van der Waals surface area contributed by atoms with E-state index >= 15 is 0 Å². The van der Waals surface area contributed by atoms with Gasteiger partial charge < -0.3 is 15.3 Å². The Bertz CT molecular complexity index is 1130. The van der Waals surface area contributed by atoms with Crippen LogP contribution in [0.4, 0.5) is 24.5 Å². The first-order valence-corrected chi connectivity index (χ1v) is 11.1. The molecule has 0 aromatic heterocycles. The molecule has 3 aromatic carbocycles. The van der Waals surface area contributed by atoms with Gasteiger partial charge in [-0.1, -0.05) is 41.9 Å². The van der Waals surface area contributed by atoms with Crippen LogP contribution < -0.4 is 10.2 Å². The smallest absolute Gasteiger partial charge is 0.417 e. The molecule has 1 fully saturated rings. The largest absolute Gasteiger partial charge is 0.508 e. The molecule has 0 aliphatic carbocycles. The van der Waals surface area contributed by atoms with Crippen LogP contribution in [-0.4, -0.2) is 42.1 Å². The number of halogens is 4. The number of rotatable bonds is 5. The number of carbonyl (C=O) groups excluding carboxylic acids is 1. The maximum Gasteiger partial charge on any atom is 0.417 e. The third-order valence-electron chi connectivity index (χ3n) is 5.80. The van der Waals surface area contributed by atoms with Gasteiger partial charge in [0.2, 0.25) is 5.91 Å². The molecule has 0 spiro atoms. The average molecular weight is 490 g/mol. The summed E-state index contributed by atoms with van der Waals surface area (Å²) >= 11 is 5.71. The van der Waals surface area contributed by atoms with Crippen molar-refractivity contribution in [1.29, 1.82) is 0 Å². The lowest BCUT2D eigenvalue weighted by molar-refractivity contribution is -0.137. The standard InChI is InChI=1S/C25H23ClF3N3O2/c26-22-11-6-18(16-21(22)25(27,28)29)30-24(34)23(17-4-2-1-3-5-17)32-14-12-31(13-15-32)19-7-9-20(33)10-8-19/h1-11,16,23,33H,12-15H2,(H,30,34). The van der Waals surface area contributed by atoms with Crippen LogP contribution in [0.1, 0.15) is 17.2 Å². The summed E-state index contributed by atoms with van der Waals surface area (Å²) in [7, 11) is 0. The van der Waals surface area contributed by atoms with E-state index in [-0.39, 0.29) is 11.4 Å². The molecule has 1 heterocycles. The molecule has 3 aromatic rings. The number of alkyl halides is 3. The molecule has 1 aliphatic rings. The van der Waals surface area contributed by atoms with E-state index in [1.54, 1.807) is 12.1 Å². The number of phenolic OH excluding ortho intramolecular Hbond substituents is 1. The van der Waals surface area contributed by atoms with Gasteiger partial charge in [-0.3, -0.25) is 9.69 Å². The van der Waals surface area contributed by atoms with E-state index in [9.17, 15) is 23.1 Å². The minimum atomic E-state index is -4.62. The van der Waals surface area contributed by atoms with E-state index in [1.165, 1.54) is 6.07 Å². The van der Waals surface area contributed by atoms with Crippen LogP contribution in [0.25, 0.3) is 0 Å². The number of carbonyl (C=O) groups is 1. The van der Waals surface area contributed by atoms with Crippen molar-refractivity contribution < 1.29 is 23.1 Å². The van der Waals surface area contributed by atoms with Crippen LogP contribution in [0.2, 0.25) is 5.02 Å². The molecule has 9 heteroatoms. The molecule has 5 nitrogen and oxygen atoms in total. The summed E-state index contributed by atoms with van der Waals surface area (Å²) in [5.74, 6) is -0.223. The lowest BCUT2D eigenvalue weighted by Gasteiger charge is -2.39. The monoisotopic (exact) mass is 489 g/mol. The Morgan fingerprint density at radius 1 is 0.941 bits per heavy atom. The third-order valence-corrected chi connectivity index (χ3v) is 6.13. The molecular weight excluding hydrogens is 467 g/mol. The molecule has 0 saturated carbocycles. The zero-order valence-corrected chi connectivity index (χ0v) is 18.9. The van der Waals surface area contributed by atoms with Crippen LogP contribution in [0, 0.1) is 0 Å². The Morgan fingerprint density at radius 2 is 1.59 bits per heavy atom. The van der Waals surface area contributed by atoms with Gasteiger partial charge in [0.05, 0.1) is 10.6 Å². The Morgan fingerprint density at radius 3 is 2.21 bits per heavy atom. The molecule has 1 atom stereocenters. The highest BCUT2D eigenvalue weighted by Gasteiger charge is 2.34. The van der Waals surface area contributed by atoms with Crippen molar-refractivity contribution in [2.75, 3.05) is 36.4 Å². The number of nitrogens with one attached hydrogen (secondary N) is 1. The fourth-order valence-corrected chi connectivity index (χ4v) is 4.32. The summed E-state index contributed by atoms with van der Waals surface area (Å²) in [6.07, 6.45) is -4.62. The summed E-state index contributed by atoms with van der Waals surface area (Å²) in [4.78, 5) is 17.5. The number of phenols is 1. The molecular formula is C25H23ClF3N3O2. The fourth-order valence-electron chi connectivity index (χ4n) is 4.10. The second kappa shape index (κ2) is 9.95. The third kappa shape index (κ3) is 5.46. The maximum atomic E-state index is 13.3. The predicted molar refractivity (Wildman–Crippen MR) is 126 cm³/mol. The van der Waals surface area contributed by atoms with Gasteiger partial charge in [-0.15, -0.1) is 0 Å². The number of piperazine rings is 1. The van der Waals surface area contributed by atoms with Crippen molar-refractivity contribution in [2.24, 2.45) is 0 Å². The predicted octanol–water partition coefficient (Wildman–Crippen LogP) is 5.57. The van der Waals surface area contributed by atoms with Gasteiger partial charge in [-0.2, -0.15) is 13.2 Å². The second-order valence-electron chi connectivity index (χ2n) is 8.03. The molecule has 178 valence electrons. The first kappa shape index (κ1) is 23.9. The Kier molecular flexibility index (Phi) is 7.00. The highest BCUT2D eigenvalue weighted by atomic mass is 35.5. The molecule has 1 amide bonds. The lowest BCUT2D eigenvalue weighted by Crippen LogP contribution is -2.50. The number of anilines is 2. The summed E-state index contributed by atoms with van der Waals surface area (Å²) in [6.45, 7) is 2.45. The van der Waals surface area contributed by atoms with Crippen molar-refractivity contribution in [3.63, 3.8) is 0 Å². The number of hydrogen-bond donors (Lipinski definition) is 2. The molecule has 0 radical (unpaired) electrons. The first-order valence-electron chi connectivity index (χ1n) is 10.7. The highest BCUT2D eigenvalue weighted by Crippen LogP contribution is 2.36. The molecule has 1 saturated heterocycles. The van der Waals surface area contributed by atoms with Gasteiger partial charge in [0.1, 0.15) is 11.8 Å². The Labute approximate surface area is 200 Å². The van der Waals surface area contributed by atoms with E-state index < -0.39 is 28.7 Å². The van der Waals surface area contributed by atoms with E-state index in [2.05, 4.69) is 10.2 Å². The minimum Gasteiger partial charge on any atom is -0.508 e. The number of benzene rings is 3. The minimum absolute atomic E-state index is 0.0328. The second-order valence-corrected chi connectivity index (χ2v) is 8.44. The lowest BCUT2D eigenvalue weighted by atomic mass is 10.0. The molecule has 1 aliphatic heterocycles. The molecule has 2 N–H and O–H groups in total. The first-order chi connectivity index (χ1) is 16.2. The number of amides is 1. The number of aromatic hydroxyl groups is 1. The van der Waals surface area contributed by atoms with Crippen LogP contribution in [0.15, 0.2) is 72.8 Å². The quantitative estimate of drug-likeness (QED) is 0.492. The van der Waals surface area contributed by atoms with Gasteiger partial charge in [0, 0.05) is 37.6 Å². The highest BCUT2D eigenvalue weighted by molar-refractivity contribution is 6.31. The van der Waals surface area contributed by atoms with E-state index in [0.717, 1.165) is 23.4 Å². The van der Waals surface area contributed by atoms with Crippen LogP contribution in [0.5, 0.6) is 5.75 Å². The number of hydrogen-bond acceptors (Lipinski definition) is 4. The Balaban J connectivity index is 1.53. The summed E-state index contributed by atoms with van der Waals surface area (Å²) in [6, 6.07) is 18.8. The van der Waals surface area contributed by atoms with E-state index in [4.69, 9.17) is 11.6 Å². The van der Waals surface area contributed by atoms with Gasteiger partial charge in [0.15, 0.2) is 0 Å². The van der Waals surface area contributed by atoms with E-state index in [1.807, 2.05) is 47.4 Å². The molecule has 1 unspecified atom stereocenters. The summed E-state index contributed by atoms with van der Waals surface area (Å²) in [5.41, 5.74) is 0.762. The molecule has 0 bridgehead atoms. The normalized spacial score (nSPS) is 15.7. The van der Waals surface area contributed by atoms with Crippen LogP contribution >= 0.6 is 11.6 Å². The zero-order chi connectivity index (χ0) is 24.3. The van der Waals surface area contributed by atoms with Crippen LogP contribution in [0.3, 0.4) is 0 Å².